The highest BCUT2D eigenvalue weighted by atomic mass is 16.6. The minimum absolute atomic E-state index is 0.473. The predicted molar refractivity (Wildman–Crippen MR) is 106 cm³/mol. The molecule has 7 nitrogen and oxygen atoms in total. The lowest BCUT2D eigenvalue weighted by molar-refractivity contribution is 0.0523. The summed E-state index contributed by atoms with van der Waals surface area (Å²) in [6.45, 7) is 5.43. The number of benzene rings is 1. The van der Waals surface area contributed by atoms with Crippen molar-refractivity contribution in [3.63, 3.8) is 0 Å². The van der Waals surface area contributed by atoms with Gasteiger partial charge in [-0.25, -0.2) is 9.78 Å². The van der Waals surface area contributed by atoms with Crippen LogP contribution >= 0.6 is 0 Å². The summed E-state index contributed by atoms with van der Waals surface area (Å²) in [6.07, 6.45) is 3.34. The van der Waals surface area contributed by atoms with E-state index in [0.29, 0.717) is 22.8 Å². The van der Waals surface area contributed by atoms with Crippen LogP contribution < -0.4 is 5.32 Å². The van der Waals surface area contributed by atoms with E-state index < -0.39 is 11.7 Å². The van der Waals surface area contributed by atoms with Crippen LogP contribution in [0.2, 0.25) is 0 Å². The molecule has 1 saturated carbocycles. The molecule has 1 aliphatic rings. The van der Waals surface area contributed by atoms with Gasteiger partial charge in [0.05, 0.1) is 23.0 Å². The minimum atomic E-state index is -0.611. The molecular weight excluding hydrogens is 354 g/mol. The number of nitrogens with zero attached hydrogens (tertiary/aromatic N) is 4. The van der Waals surface area contributed by atoms with E-state index in [1.165, 1.54) is 4.68 Å². The Balaban J connectivity index is 1.70. The van der Waals surface area contributed by atoms with Crippen molar-refractivity contribution in [3.05, 3.63) is 47.8 Å². The zero-order valence-corrected chi connectivity index (χ0v) is 16.1. The van der Waals surface area contributed by atoms with E-state index in [9.17, 15) is 10.1 Å². The minimum Gasteiger partial charge on any atom is -0.442 e. The zero-order valence-electron chi connectivity index (χ0n) is 16.1. The second kappa shape index (κ2) is 6.64. The molecular formula is C21H21N5O2. The number of rotatable bonds is 3. The second-order valence-corrected chi connectivity index (χ2v) is 7.92. The first kappa shape index (κ1) is 18.0. The molecule has 28 heavy (non-hydrogen) atoms. The zero-order chi connectivity index (χ0) is 19.9. The van der Waals surface area contributed by atoms with Gasteiger partial charge in [-0.15, -0.1) is 0 Å². The molecule has 3 aromatic rings. The van der Waals surface area contributed by atoms with E-state index in [2.05, 4.69) is 21.5 Å². The first-order valence-corrected chi connectivity index (χ1v) is 9.24. The number of nitrogens with one attached hydrogen (secondary N) is 1. The van der Waals surface area contributed by atoms with Gasteiger partial charge in [-0.1, -0.05) is 6.07 Å². The summed E-state index contributed by atoms with van der Waals surface area (Å²) >= 11 is 0. The largest absolute Gasteiger partial charge is 0.442 e. The van der Waals surface area contributed by atoms with Crippen molar-refractivity contribution < 1.29 is 9.53 Å². The maximum absolute atomic E-state index is 12.4. The van der Waals surface area contributed by atoms with Crippen LogP contribution in [0.5, 0.6) is 0 Å². The number of aromatic nitrogens is 3. The standard InChI is InChI=1S/C21H21N5O2/c1-21(2,3)28-20(27)26-18-6-4-5-17(15(18)12-23-26)25-19-14(11-22)9-10-16(24-19)13-7-8-13/h4-6,9-10,12-13H,7-8H2,1-3H3,(H,24,25). The molecule has 0 amide bonds. The van der Waals surface area contributed by atoms with E-state index in [1.54, 1.807) is 18.3 Å². The fourth-order valence-corrected chi connectivity index (χ4v) is 3.00. The van der Waals surface area contributed by atoms with Crippen LogP contribution in [0.1, 0.15) is 50.8 Å². The van der Waals surface area contributed by atoms with Crippen molar-refractivity contribution in [1.29, 1.82) is 5.26 Å². The van der Waals surface area contributed by atoms with Crippen molar-refractivity contribution >= 4 is 28.5 Å². The van der Waals surface area contributed by atoms with Crippen LogP contribution in [0.3, 0.4) is 0 Å². The summed E-state index contributed by atoms with van der Waals surface area (Å²) in [5.74, 6) is 1.00. The Morgan fingerprint density at radius 1 is 1.29 bits per heavy atom. The molecule has 1 N–H and O–H groups in total. The molecule has 0 aliphatic heterocycles. The van der Waals surface area contributed by atoms with E-state index in [-0.39, 0.29) is 0 Å². The molecule has 1 aromatic carbocycles. The summed E-state index contributed by atoms with van der Waals surface area (Å²) in [4.78, 5) is 17.1. The Bertz CT molecular complexity index is 1100. The number of anilines is 2. The maximum atomic E-state index is 12.4. The van der Waals surface area contributed by atoms with Gasteiger partial charge in [-0.2, -0.15) is 15.0 Å². The average molecular weight is 375 g/mol. The third kappa shape index (κ3) is 3.54. The summed E-state index contributed by atoms with van der Waals surface area (Å²) in [5.41, 5.74) is 2.21. The molecule has 0 spiro atoms. The van der Waals surface area contributed by atoms with Crippen molar-refractivity contribution in [2.45, 2.75) is 45.1 Å². The SMILES string of the molecule is CC(C)(C)OC(=O)n1ncc2c(Nc3nc(C4CC4)ccc3C#N)cccc21. The molecule has 1 aliphatic carbocycles. The predicted octanol–water partition coefficient (Wildman–Crippen LogP) is 4.71. The summed E-state index contributed by atoms with van der Waals surface area (Å²) < 4.78 is 6.66. The van der Waals surface area contributed by atoms with Crippen LogP contribution in [-0.4, -0.2) is 26.5 Å². The molecule has 4 rings (SSSR count). The van der Waals surface area contributed by atoms with Crippen molar-refractivity contribution in [2.75, 3.05) is 5.32 Å². The number of carbonyl (C=O) groups is 1. The van der Waals surface area contributed by atoms with E-state index in [1.807, 2.05) is 39.0 Å². The van der Waals surface area contributed by atoms with Gasteiger partial charge in [0.2, 0.25) is 0 Å². The topological polar surface area (TPSA) is 92.8 Å². The van der Waals surface area contributed by atoms with Crippen molar-refractivity contribution in [3.8, 4) is 6.07 Å². The van der Waals surface area contributed by atoms with Crippen molar-refractivity contribution in [1.82, 2.24) is 14.8 Å². The van der Waals surface area contributed by atoms with Gasteiger partial charge in [-0.3, -0.25) is 0 Å². The van der Waals surface area contributed by atoms with Crippen LogP contribution in [0.15, 0.2) is 36.5 Å². The van der Waals surface area contributed by atoms with Gasteiger partial charge in [-0.05, 0) is 57.9 Å². The maximum Gasteiger partial charge on any atom is 0.435 e. The smallest absolute Gasteiger partial charge is 0.435 e. The summed E-state index contributed by atoms with van der Waals surface area (Å²) in [7, 11) is 0. The van der Waals surface area contributed by atoms with Crippen LogP contribution in [0.25, 0.3) is 10.9 Å². The normalized spacial score (nSPS) is 13.9. The van der Waals surface area contributed by atoms with E-state index >= 15 is 0 Å². The molecule has 0 atom stereocenters. The Labute approximate surface area is 162 Å². The monoisotopic (exact) mass is 375 g/mol. The Morgan fingerprint density at radius 2 is 2.07 bits per heavy atom. The van der Waals surface area contributed by atoms with E-state index in [0.717, 1.165) is 29.6 Å². The number of fused-ring (bicyclic) bond motifs is 1. The van der Waals surface area contributed by atoms with Gasteiger partial charge in [0.25, 0.3) is 0 Å². The lowest BCUT2D eigenvalue weighted by Crippen LogP contribution is -2.27. The number of hydrogen-bond acceptors (Lipinski definition) is 6. The first-order chi connectivity index (χ1) is 13.4. The lowest BCUT2D eigenvalue weighted by Gasteiger charge is -2.19. The average Bonchev–Trinajstić information content (AvgIpc) is 3.39. The number of ether oxygens (including phenoxy) is 1. The van der Waals surface area contributed by atoms with Gasteiger partial charge >= 0.3 is 6.09 Å². The fourth-order valence-electron chi connectivity index (χ4n) is 3.00. The van der Waals surface area contributed by atoms with E-state index in [4.69, 9.17) is 4.74 Å². The fraction of sp³-hybridized carbons (Fsp3) is 0.333. The van der Waals surface area contributed by atoms with Crippen LogP contribution in [-0.2, 0) is 4.74 Å². The highest BCUT2D eigenvalue weighted by Gasteiger charge is 2.26. The van der Waals surface area contributed by atoms with Gasteiger partial charge < -0.3 is 10.1 Å². The van der Waals surface area contributed by atoms with Gasteiger partial charge in [0.15, 0.2) is 0 Å². The Hall–Kier alpha value is -3.40. The molecule has 0 unspecified atom stereocenters. The van der Waals surface area contributed by atoms with Crippen molar-refractivity contribution in [2.24, 2.45) is 0 Å². The molecule has 142 valence electrons. The van der Waals surface area contributed by atoms with Crippen LogP contribution in [0, 0.1) is 11.3 Å². The highest BCUT2D eigenvalue weighted by molar-refractivity contribution is 5.97. The Kier molecular flexibility index (Phi) is 4.27. The quantitative estimate of drug-likeness (QED) is 0.713. The molecule has 2 heterocycles. The number of nitriles is 1. The van der Waals surface area contributed by atoms with Gasteiger partial charge in [0, 0.05) is 17.0 Å². The first-order valence-electron chi connectivity index (χ1n) is 9.24. The molecule has 0 radical (unpaired) electrons. The number of pyridine rings is 1. The highest BCUT2D eigenvalue weighted by Crippen LogP contribution is 2.40. The molecule has 0 saturated heterocycles. The Morgan fingerprint density at radius 3 is 2.75 bits per heavy atom. The molecule has 2 aromatic heterocycles. The third-order valence-electron chi connectivity index (χ3n) is 4.47. The summed E-state index contributed by atoms with van der Waals surface area (Å²) in [5, 5.41) is 17.6. The molecule has 1 fully saturated rings. The number of carbonyl (C=O) groups excluding carboxylic acids is 1. The molecule has 0 bridgehead atoms. The lowest BCUT2D eigenvalue weighted by atomic mass is 10.2. The molecule has 7 heteroatoms. The number of hydrogen-bond donors (Lipinski definition) is 1. The van der Waals surface area contributed by atoms with Crippen LogP contribution in [0.4, 0.5) is 16.3 Å². The third-order valence-corrected chi connectivity index (χ3v) is 4.47. The van der Waals surface area contributed by atoms with Gasteiger partial charge in [0.1, 0.15) is 17.5 Å². The summed E-state index contributed by atoms with van der Waals surface area (Å²) in [6, 6.07) is 11.4. The second-order valence-electron chi connectivity index (χ2n) is 7.92.